The number of hydrogen-bond donors (Lipinski definition) is 3. The van der Waals surface area contributed by atoms with E-state index in [1.807, 2.05) is 86.8 Å². The number of benzene rings is 3. The first-order valence-electron chi connectivity index (χ1n) is 10.8. The summed E-state index contributed by atoms with van der Waals surface area (Å²) in [7, 11) is 0. The van der Waals surface area contributed by atoms with Crippen LogP contribution in [0.2, 0.25) is 0 Å². The molecule has 1 heterocycles. The molecule has 3 N–H and O–H groups in total. The molecule has 34 heavy (non-hydrogen) atoms. The minimum Gasteiger partial charge on any atom is -0.307 e. The highest BCUT2D eigenvalue weighted by Crippen LogP contribution is 2.25. The van der Waals surface area contributed by atoms with Crippen molar-refractivity contribution in [3.05, 3.63) is 108 Å². The van der Waals surface area contributed by atoms with Gasteiger partial charge in [-0.05, 0) is 44.2 Å². The SMILES string of the molecule is Cc1ccc(NC(=O)NNC(=O)/C=C/c2cn(-c3ccccc3)nc2-c2ccc(C)cc2)cc1. The Kier molecular flexibility index (Phi) is 6.84. The molecule has 1 aromatic heterocycles. The molecule has 0 fully saturated rings. The lowest BCUT2D eigenvalue weighted by atomic mass is 10.1. The highest BCUT2D eigenvalue weighted by Gasteiger charge is 2.11. The van der Waals surface area contributed by atoms with Gasteiger partial charge in [0.1, 0.15) is 0 Å². The molecule has 0 aliphatic carbocycles. The van der Waals surface area contributed by atoms with Crippen molar-refractivity contribution >= 4 is 23.7 Å². The van der Waals surface area contributed by atoms with E-state index in [9.17, 15) is 9.59 Å². The van der Waals surface area contributed by atoms with Gasteiger partial charge in [-0.3, -0.25) is 10.2 Å². The number of carbonyl (C=O) groups is 2. The molecular weight excluding hydrogens is 426 g/mol. The summed E-state index contributed by atoms with van der Waals surface area (Å²) in [6.07, 6.45) is 4.90. The van der Waals surface area contributed by atoms with Crippen LogP contribution in [0.4, 0.5) is 10.5 Å². The Morgan fingerprint density at radius 3 is 2.15 bits per heavy atom. The third kappa shape index (κ3) is 5.77. The predicted molar refractivity (Wildman–Crippen MR) is 134 cm³/mol. The maximum atomic E-state index is 12.3. The fraction of sp³-hybridized carbons (Fsp3) is 0.0741. The van der Waals surface area contributed by atoms with Crippen molar-refractivity contribution in [1.82, 2.24) is 20.6 Å². The quantitative estimate of drug-likeness (QED) is 0.294. The van der Waals surface area contributed by atoms with Crippen LogP contribution in [0, 0.1) is 13.8 Å². The van der Waals surface area contributed by atoms with Gasteiger partial charge < -0.3 is 5.32 Å². The lowest BCUT2D eigenvalue weighted by molar-refractivity contribution is -0.117. The molecule has 0 radical (unpaired) electrons. The van der Waals surface area contributed by atoms with Crippen LogP contribution in [0.5, 0.6) is 0 Å². The van der Waals surface area contributed by atoms with E-state index in [0.717, 1.165) is 33.6 Å². The van der Waals surface area contributed by atoms with Gasteiger partial charge in [0.25, 0.3) is 5.91 Å². The first-order valence-corrected chi connectivity index (χ1v) is 10.8. The van der Waals surface area contributed by atoms with Crippen molar-refractivity contribution in [2.45, 2.75) is 13.8 Å². The van der Waals surface area contributed by atoms with Crippen LogP contribution >= 0.6 is 0 Å². The minimum absolute atomic E-state index is 0.471. The first kappa shape index (κ1) is 22.5. The molecule has 0 saturated carbocycles. The monoisotopic (exact) mass is 451 g/mol. The van der Waals surface area contributed by atoms with E-state index >= 15 is 0 Å². The summed E-state index contributed by atoms with van der Waals surface area (Å²) < 4.78 is 1.78. The van der Waals surface area contributed by atoms with Crippen LogP contribution in [0.1, 0.15) is 16.7 Å². The maximum absolute atomic E-state index is 12.3. The van der Waals surface area contributed by atoms with Crippen LogP contribution in [-0.4, -0.2) is 21.7 Å². The van der Waals surface area contributed by atoms with Gasteiger partial charge >= 0.3 is 6.03 Å². The molecule has 170 valence electrons. The molecule has 4 aromatic rings. The topological polar surface area (TPSA) is 88.0 Å². The third-order valence-electron chi connectivity index (χ3n) is 5.11. The molecule has 7 heteroatoms. The van der Waals surface area contributed by atoms with Gasteiger partial charge in [-0.2, -0.15) is 5.10 Å². The number of nitrogens with zero attached hydrogens (tertiary/aromatic N) is 2. The minimum atomic E-state index is -0.539. The lowest BCUT2D eigenvalue weighted by Crippen LogP contribution is -2.43. The van der Waals surface area contributed by atoms with Crippen molar-refractivity contribution in [2.24, 2.45) is 0 Å². The summed E-state index contributed by atoms with van der Waals surface area (Å²) in [5, 5.41) is 7.39. The second-order valence-corrected chi connectivity index (χ2v) is 7.85. The van der Waals surface area contributed by atoms with Crippen LogP contribution in [0.3, 0.4) is 0 Å². The average molecular weight is 452 g/mol. The summed E-state index contributed by atoms with van der Waals surface area (Å²) in [5.74, 6) is -0.471. The van der Waals surface area contributed by atoms with Crippen LogP contribution in [-0.2, 0) is 4.79 Å². The van der Waals surface area contributed by atoms with Gasteiger partial charge in [0.2, 0.25) is 0 Å². The summed E-state index contributed by atoms with van der Waals surface area (Å²) in [4.78, 5) is 24.3. The number of aromatic nitrogens is 2. The fourth-order valence-corrected chi connectivity index (χ4v) is 3.28. The summed E-state index contributed by atoms with van der Waals surface area (Å²) >= 11 is 0. The average Bonchev–Trinajstić information content (AvgIpc) is 3.28. The Labute approximate surface area is 198 Å². The van der Waals surface area contributed by atoms with E-state index in [0.29, 0.717) is 5.69 Å². The number of nitrogens with one attached hydrogen (secondary N) is 3. The number of hydrazine groups is 1. The zero-order chi connectivity index (χ0) is 23.9. The van der Waals surface area contributed by atoms with Gasteiger partial charge in [0, 0.05) is 29.1 Å². The van der Waals surface area contributed by atoms with E-state index in [1.54, 1.807) is 22.9 Å². The van der Waals surface area contributed by atoms with Gasteiger partial charge in [0.15, 0.2) is 0 Å². The van der Waals surface area contributed by atoms with Crippen molar-refractivity contribution < 1.29 is 9.59 Å². The second-order valence-electron chi connectivity index (χ2n) is 7.85. The van der Waals surface area contributed by atoms with Gasteiger partial charge in [0.05, 0.1) is 11.4 Å². The molecule has 0 atom stereocenters. The molecule has 0 bridgehead atoms. The van der Waals surface area contributed by atoms with E-state index in [1.165, 1.54) is 6.08 Å². The molecule has 0 aliphatic heterocycles. The summed E-state index contributed by atoms with van der Waals surface area (Å²) in [6, 6.07) is 24.6. The first-order chi connectivity index (χ1) is 16.5. The summed E-state index contributed by atoms with van der Waals surface area (Å²) in [6.45, 7) is 3.99. The molecule has 3 aromatic carbocycles. The highest BCUT2D eigenvalue weighted by atomic mass is 16.2. The van der Waals surface area contributed by atoms with Crippen LogP contribution < -0.4 is 16.2 Å². The molecule has 7 nitrogen and oxygen atoms in total. The summed E-state index contributed by atoms with van der Waals surface area (Å²) in [5.41, 5.74) is 11.0. The predicted octanol–water partition coefficient (Wildman–Crippen LogP) is 5.02. The number of rotatable bonds is 5. The largest absolute Gasteiger partial charge is 0.337 e. The van der Waals surface area contributed by atoms with E-state index in [-0.39, 0.29) is 0 Å². The molecule has 0 aliphatic rings. The smallest absolute Gasteiger partial charge is 0.307 e. The Morgan fingerprint density at radius 1 is 0.824 bits per heavy atom. The maximum Gasteiger partial charge on any atom is 0.337 e. The molecule has 4 rings (SSSR count). The van der Waals surface area contributed by atoms with E-state index in [4.69, 9.17) is 5.10 Å². The van der Waals surface area contributed by atoms with Crippen LogP contribution in [0.15, 0.2) is 91.1 Å². The van der Waals surface area contributed by atoms with Crippen molar-refractivity contribution in [1.29, 1.82) is 0 Å². The van der Waals surface area contributed by atoms with Crippen molar-refractivity contribution in [3.63, 3.8) is 0 Å². The van der Waals surface area contributed by atoms with Crippen molar-refractivity contribution in [3.8, 4) is 16.9 Å². The van der Waals surface area contributed by atoms with E-state index in [2.05, 4.69) is 16.2 Å². The van der Waals surface area contributed by atoms with Gasteiger partial charge in [-0.15, -0.1) is 0 Å². The second kappa shape index (κ2) is 10.3. The number of carbonyl (C=O) groups excluding carboxylic acids is 2. The Balaban J connectivity index is 1.47. The normalized spacial score (nSPS) is 10.8. The molecule has 0 unspecified atom stereocenters. The number of para-hydroxylation sites is 1. The Morgan fingerprint density at radius 2 is 1.47 bits per heavy atom. The zero-order valence-corrected chi connectivity index (χ0v) is 18.9. The fourth-order valence-electron chi connectivity index (χ4n) is 3.28. The standard InChI is InChI=1S/C27H25N5O2/c1-19-8-12-21(13-9-19)26-22(18-32(31-26)24-6-4-3-5-7-24)14-17-25(33)29-30-27(34)28-23-15-10-20(2)11-16-23/h3-18H,1-2H3,(H,29,33)(H2,28,30,34)/b17-14+. The molecule has 0 saturated heterocycles. The van der Waals surface area contributed by atoms with Crippen LogP contribution in [0.25, 0.3) is 23.0 Å². The number of aryl methyl sites for hydroxylation is 2. The third-order valence-corrected chi connectivity index (χ3v) is 5.11. The number of anilines is 1. The molecule has 3 amide bonds. The Hall–Kier alpha value is -4.65. The lowest BCUT2D eigenvalue weighted by Gasteiger charge is -2.07. The van der Waals surface area contributed by atoms with Gasteiger partial charge in [-0.25, -0.2) is 14.9 Å². The number of hydrogen-bond acceptors (Lipinski definition) is 3. The number of urea groups is 1. The highest BCUT2D eigenvalue weighted by molar-refractivity contribution is 5.96. The van der Waals surface area contributed by atoms with Gasteiger partial charge in [-0.1, -0.05) is 65.7 Å². The molecule has 0 spiro atoms. The zero-order valence-electron chi connectivity index (χ0n) is 18.9. The molecular formula is C27H25N5O2. The number of amides is 3. The van der Waals surface area contributed by atoms with Crippen molar-refractivity contribution in [2.75, 3.05) is 5.32 Å². The Bertz CT molecular complexity index is 1310. The van der Waals surface area contributed by atoms with E-state index < -0.39 is 11.9 Å².